The maximum atomic E-state index is 11.8. The molecule has 0 bridgehead atoms. The summed E-state index contributed by atoms with van der Waals surface area (Å²) < 4.78 is 0. The minimum Gasteiger partial charge on any atom is -0.398 e. The van der Waals surface area contributed by atoms with Crippen LogP contribution >= 0.6 is 11.6 Å². The van der Waals surface area contributed by atoms with Gasteiger partial charge in [-0.2, -0.15) is 5.10 Å². The maximum absolute atomic E-state index is 11.8. The van der Waals surface area contributed by atoms with E-state index in [2.05, 4.69) is 20.5 Å². The van der Waals surface area contributed by atoms with Gasteiger partial charge in [0.15, 0.2) is 0 Å². The van der Waals surface area contributed by atoms with Crippen LogP contribution in [-0.4, -0.2) is 27.6 Å². The Bertz CT molecular complexity index is 540. The molecule has 0 saturated carbocycles. The predicted molar refractivity (Wildman–Crippen MR) is 68.3 cm³/mol. The molecular weight excluding hydrogens is 254 g/mol. The van der Waals surface area contributed by atoms with Crippen LogP contribution in [0.25, 0.3) is 0 Å². The second kappa shape index (κ2) is 5.50. The number of halogens is 1. The molecule has 7 heteroatoms. The van der Waals surface area contributed by atoms with Crippen LogP contribution in [0, 0.1) is 0 Å². The summed E-state index contributed by atoms with van der Waals surface area (Å²) in [6.07, 6.45) is 2.02. The number of benzene rings is 1. The monoisotopic (exact) mass is 265 g/mol. The molecule has 1 aromatic heterocycles. The van der Waals surface area contributed by atoms with Crippen LogP contribution in [0.15, 0.2) is 24.5 Å². The van der Waals surface area contributed by atoms with E-state index < -0.39 is 0 Å². The van der Waals surface area contributed by atoms with Crippen molar-refractivity contribution in [2.45, 2.75) is 6.42 Å². The van der Waals surface area contributed by atoms with Gasteiger partial charge in [-0.05, 0) is 18.2 Å². The number of nitrogens with zero attached hydrogens (tertiary/aromatic N) is 2. The molecule has 0 spiro atoms. The molecule has 1 heterocycles. The largest absolute Gasteiger partial charge is 0.398 e. The van der Waals surface area contributed by atoms with Crippen molar-refractivity contribution < 1.29 is 4.79 Å². The Morgan fingerprint density at radius 3 is 3.00 bits per heavy atom. The second-order valence-electron chi connectivity index (χ2n) is 3.67. The van der Waals surface area contributed by atoms with Crippen molar-refractivity contribution in [3.8, 4) is 0 Å². The van der Waals surface area contributed by atoms with Gasteiger partial charge >= 0.3 is 0 Å². The van der Waals surface area contributed by atoms with Crippen molar-refractivity contribution in [2.24, 2.45) is 0 Å². The van der Waals surface area contributed by atoms with Crippen molar-refractivity contribution >= 4 is 23.2 Å². The number of hydrogen-bond acceptors (Lipinski definition) is 4. The lowest BCUT2D eigenvalue weighted by Gasteiger charge is -2.05. The summed E-state index contributed by atoms with van der Waals surface area (Å²) in [4.78, 5) is 15.7. The van der Waals surface area contributed by atoms with Crippen LogP contribution in [0.3, 0.4) is 0 Å². The van der Waals surface area contributed by atoms with Gasteiger partial charge in [0.2, 0.25) is 0 Å². The number of nitrogens with one attached hydrogen (secondary N) is 2. The highest BCUT2D eigenvalue weighted by molar-refractivity contribution is 6.33. The molecule has 6 nitrogen and oxygen atoms in total. The van der Waals surface area contributed by atoms with Crippen molar-refractivity contribution in [1.29, 1.82) is 0 Å². The number of H-pyrrole nitrogens is 1. The molecule has 4 N–H and O–H groups in total. The number of aromatic amines is 1. The fourth-order valence-corrected chi connectivity index (χ4v) is 1.55. The van der Waals surface area contributed by atoms with Crippen LogP contribution in [0.1, 0.15) is 16.2 Å². The topological polar surface area (TPSA) is 96.7 Å². The van der Waals surface area contributed by atoms with Crippen molar-refractivity contribution in [3.05, 3.63) is 40.9 Å². The average Bonchev–Trinajstić information content (AvgIpc) is 2.85. The van der Waals surface area contributed by atoms with E-state index >= 15 is 0 Å². The lowest BCUT2D eigenvalue weighted by Crippen LogP contribution is -2.26. The minimum atomic E-state index is -0.196. The summed E-state index contributed by atoms with van der Waals surface area (Å²) in [6.45, 7) is 0.469. The average molecular weight is 266 g/mol. The number of amides is 1. The fraction of sp³-hybridized carbons (Fsp3) is 0.182. The van der Waals surface area contributed by atoms with Crippen LogP contribution in [0.2, 0.25) is 5.02 Å². The molecule has 0 atom stereocenters. The summed E-state index contributed by atoms with van der Waals surface area (Å²) in [5, 5.41) is 9.63. The highest BCUT2D eigenvalue weighted by Crippen LogP contribution is 2.19. The fourth-order valence-electron chi connectivity index (χ4n) is 1.43. The molecule has 0 aliphatic rings. The summed E-state index contributed by atoms with van der Waals surface area (Å²) in [5.74, 6) is 0.531. The first-order chi connectivity index (χ1) is 8.66. The molecule has 2 rings (SSSR count). The number of anilines is 1. The zero-order chi connectivity index (χ0) is 13.0. The van der Waals surface area contributed by atoms with Gasteiger partial charge in [0, 0.05) is 18.5 Å². The third kappa shape index (κ3) is 2.98. The van der Waals surface area contributed by atoms with E-state index in [1.807, 2.05) is 0 Å². The van der Waals surface area contributed by atoms with E-state index in [9.17, 15) is 4.79 Å². The Labute approximate surface area is 109 Å². The van der Waals surface area contributed by atoms with Gasteiger partial charge in [0.25, 0.3) is 5.91 Å². The predicted octanol–water partition coefficient (Wildman–Crippen LogP) is 1.01. The summed E-state index contributed by atoms with van der Waals surface area (Å²) in [7, 11) is 0. The van der Waals surface area contributed by atoms with E-state index in [1.165, 1.54) is 6.33 Å². The number of nitrogen functional groups attached to an aromatic ring is 1. The first-order valence-corrected chi connectivity index (χ1v) is 5.72. The van der Waals surface area contributed by atoms with Gasteiger partial charge in [-0.25, -0.2) is 4.98 Å². The Kier molecular flexibility index (Phi) is 3.78. The third-order valence-electron chi connectivity index (χ3n) is 2.37. The molecule has 1 amide bonds. The molecule has 94 valence electrons. The maximum Gasteiger partial charge on any atom is 0.251 e. The van der Waals surface area contributed by atoms with Gasteiger partial charge in [-0.3, -0.25) is 9.89 Å². The molecule has 0 fully saturated rings. The summed E-state index contributed by atoms with van der Waals surface area (Å²) in [6, 6.07) is 4.77. The zero-order valence-electron chi connectivity index (χ0n) is 9.48. The Hall–Kier alpha value is -2.08. The normalized spacial score (nSPS) is 10.3. The minimum absolute atomic E-state index is 0.196. The number of rotatable bonds is 4. The van der Waals surface area contributed by atoms with Crippen LogP contribution < -0.4 is 11.1 Å². The van der Waals surface area contributed by atoms with Crippen molar-refractivity contribution in [2.75, 3.05) is 12.3 Å². The summed E-state index contributed by atoms with van der Waals surface area (Å²) >= 11 is 5.78. The first-order valence-electron chi connectivity index (χ1n) is 5.34. The Balaban J connectivity index is 1.89. The summed E-state index contributed by atoms with van der Waals surface area (Å²) in [5.41, 5.74) is 6.50. The molecular formula is C11H12ClN5O. The van der Waals surface area contributed by atoms with Gasteiger partial charge in [-0.1, -0.05) is 11.6 Å². The molecule has 2 aromatic rings. The lowest BCUT2D eigenvalue weighted by atomic mass is 10.2. The highest BCUT2D eigenvalue weighted by atomic mass is 35.5. The zero-order valence-corrected chi connectivity index (χ0v) is 10.2. The highest BCUT2D eigenvalue weighted by Gasteiger charge is 2.07. The SMILES string of the molecule is Nc1cc(C(=O)NCCc2ncn[nH]2)ccc1Cl. The quantitative estimate of drug-likeness (QED) is 0.719. The van der Waals surface area contributed by atoms with Crippen LogP contribution in [0.5, 0.6) is 0 Å². The van der Waals surface area contributed by atoms with Crippen molar-refractivity contribution in [1.82, 2.24) is 20.5 Å². The number of aromatic nitrogens is 3. The second-order valence-corrected chi connectivity index (χ2v) is 4.08. The number of nitrogens with two attached hydrogens (primary N) is 1. The standard InChI is InChI=1S/C11H12ClN5O/c12-8-2-1-7(5-9(8)13)11(18)14-4-3-10-15-6-16-17-10/h1-2,5-6H,3-4,13H2,(H,14,18)(H,15,16,17). The molecule has 0 saturated heterocycles. The molecule has 0 unspecified atom stereocenters. The van der Waals surface area contributed by atoms with Gasteiger partial charge in [-0.15, -0.1) is 0 Å². The number of hydrogen-bond donors (Lipinski definition) is 3. The van der Waals surface area contributed by atoms with E-state index in [0.29, 0.717) is 29.2 Å². The molecule has 1 aromatic carbocycles. The van der Waals surface area contributed by atoms with E-state index in [1.54, 1.807) is 18.2 Å². The number of carbonyl (C=O) groups is 1. The first kappa shape index (κ1) is 12.4. The molecule has 0 radical (unpaired) electrons. The Morgan fingerprint density at radius 1 is 1.50 bits per heavy atom. The number of carbonyl (C=O) groups excluding carboxylic acids is 1. The molecule has 18 heavy (non-hydrogen) atoms. The Morgan fingerprint density at radius 2 is 2.33 bits per heavy atom. The van der Waals surface area contributed by atoms with E-state index in [0.717, 1.165) is 5.82 Å². The third-order valence-corrected chi connectivity index (χ3v) is 2.71. The van der Waals surface area contributed by atoms with Gasteiger partial charge in [0.1, 0.15) is 12.2 Å². The van der Waals surface area contributed by atoms with Gasteiger partial charge in [0.05, 0.1) is 10.7 Å². The van der Waals surface area contributed by atoms with E-state index in [4.69, 9.17) is 17.3 Å². The lowest BCUT2D eigenvalue weighted by molar-refractivity contribution is 0.0954. The van der Waals surface area contributed by atoms with Crippen molar-refractivity contribution in [3.63, 3.8) is 0 Å². The van der Waals surface area contributed by atoms with Gasteiger partial charge < -0.3 is 11.1 Å². The smallest absolute Gasteiger partial charge is 0.251 e. The molecule has 0 aliphatic carbocycles. The van der Waals surface area contributed by atoms with Crippen LogP contribution in [-0.2, 0) is 6.42 Å². The van der Waals surface area contributed by atoms with E-state index in [-0.39, 0.29) is 5.91 Å². The van der Waals surface area contributed by atoms with Crippen LogP contribution in [0.4, 0.5) is 5.69 Å². The molecule has 0 aliphatic heterocycles.